The molecule has 6 nitrogen and oxygen atoms in total. The molecule has 7 heteroatoms. The van der Waals surface area contributed by atoms with Crippen LogP contribution in [0.25, 0.3) is 0 Å². The standard InChI is InChI=1S/C10H10ClN3O3/c1-12-6-9(11)10(15)13-7-2-4-8(5-3-7)14(16)17/h2-6,12H,1H3,(H,13,15)/b9-6-. The largest absolute Gasteiger partial charge is 0.393 e. The van der Waals surface area contributed by atoms with Crippen LogP contribution in [0.2, 0.25) is 0 Å². The molecule has 0 aliphatic carbocycles. The lowest BCUT2D eigenvalue weighted by molar-refractivity contribution is -0.384. The second-order valence-corrected chi connectivity index (χ2v) is 3.45. The average molecular weight is 256 g/mol. The Kier molecular flexibility index (Phi) is 4.47. The number of carbonyl (C=O) groups is 1. The van der Waals surface area contributed by atoms with Crippen LogP contribution in [0.15, 0.2) is 35.5 Å². The molecular weight excluding hydrogens is 246 g/mol. The fourth-order valence-electron chi connectivity index (χ4n) is 1.05. The van der Waals surface area contributed by atoms with Crippen molar-refractivity contribution < 1.29 is 9.72 Å². The number of hydrogen-bond donors (Lipinski definition) is 2. The predicted octanol–water partition coefficient (Wildman–Crippen LogP) is 1.83. The Morgan fingerprint density at radius 1 is 1.41 bits per heavy atom. The first-order chi connectivity index (χ1) is 8.04. The molecule has 1 aromatic rings. The monoisotopic (exact) mass is 255 g/mol. The quantitative estimate of drug-likeness (QED) is 0.488. The Morgan fingerprint density at radius 3 is 2.47 bits per heavy atom. The minimum absolute atomic E-state index is 0.00847. The second-order valence-electron chi connectivity index (χ2n) is 3.04. The SMILES string of the molecule is CN/C=C(\Cl)C(=O)Nc1ccc([N+](=O)[O-])cc1. The summed E-state index contributed by atoms with van der Waals surface area (Å²) in [5, 5.41) is 15.5. The van der Waals surface area contributed by atoms with E-state index < -0.39 is 10.8 Å². The van der Waals surface area contributed by atoms with Gasteiger partial charge in [0.25, 0.3) is 11.6 Å². The number of nitro groups is 1. The molecule has 0 atom stereocenters. The number of benzene rings is 1. The first kappa shape index (κ1) is 13.0. The highest BCUT2D eigenvalue weighted by Gasteiger charge is 2.08. The normalized spacial score (nSPS) is 10.8. The number of amides is 1. The van der Waals surface area contributed by atoms with Crippen LogP contribution in [0.3, 0.4) is 0 Å². The van der Waals surface area contributed by atoms with Crippen LogP contribution >= 0.6 is 11.6 Å². The molecule has 0 spiro atoms. The van der Waals surface area contributed by atoms with Crippen molar-refractivity contribution >= 4 is 28.9 Å². The van der Waals surface area contributed by atoms with Gasteiger partial charge in [0, 0.05) is 31.1 Å². The van der Waals surface area contributed by atoms with Gasteiger partial charge < -0.3 is 10.6 Å². The van der Waals surface area contributed by atoms with E-state index in [0.717, 1.165) is 0 Å². The summed E-state index contributed by atoms with van der Waals surface area (Å²) in [6.45, 7) is 0. The van der Waals surface area contributed by atoms with Gasteiger partial charge in [-0.2, -0.15) is 0 Å². The van der Waals surface area contributed by atoms with Gasteiger partial charge in [-0.1, -0.05) is 11.6 Å². The topological polar surface area (TPSA) is 84.3 Å². The van der Waals surface area contributed by atoms with Crippen molar-refractivity contribution in [3.63, 3.8) is 0 Å². The molecule has 0 aromatic heterocycles. The zero-order chi connectivity index (χ0) is 12.8. The van der Waals surface area contributed by atoms with Crippen molar-refractivity contribution in [3.8, 4) is 0 Å². The van der Waals surface area contributed by atoms with Gasteiger partial charge in [-0.25, -0.2) is 0 Å². The van der Waals surface area contributed by atoms with E-state index in [9.17, 15) is 14.9 Å². The number of halogens is 1. The zero-order valence-electron chi connectivity index (χ0n) is 8.94. The Balaban J connectivity index is 2.73. The highest BCUT2D eigenvalue weighted by molar-refractivity contribution is 6.43. The number of carbonyl (C=O) groups excluding carboxylic acids is 1. The van der Waals surface area contributed by atoms with Gasteiger partial charge in [-0.3, -0.25) is 14.9 Å². The van der Waals surface area contributed by atoms with E-state index in [1.807, 2.05) is 0 Å². The molecule has 0 bridgehead atoms. The first-order valence-electron chi connectivity index (χ1n) is 4.63. The molecular formula is C10H10ClN3O3. The predicted molar refractivity (Wildman–Crippen MR) is 64.7 cm³/mol. The van der Waals surface area contributed by atoms with E-state index in [-0.39, 0.29) is 10.7 Å². The van der Waals surface area contributed by atoms with E-state index in [1.54, 1.807) is 7.05 Å². The minimum atomic E-state index is -0.514. The average Bonchev–Trinajstić information content (AvgIpc) is 2.30. The molecule has 0 aliphatic heterocycles. The van der Waals surface area contributed by atoms with Gasteiger partial charge in [0.05, 0.1) is 4.92 Å². The summed E-state index contributed by atoms with van der Waals surface area (Å²) in [7, 11) is 1.61. The van der Waals surface area contributed by atoms with Crippen molar-refractivity contribution in [2.45, 2.75) is 0 Å². The van der Waals surface area contributed by atoms with E-state index in [4.69, 9.17) is 11.6 Å². The summed E-state index contributed by atoms with van der Waals surface area (Å²) in [5.74, 6) is -0.491. The molecule has 0 aliphatic rings. The Labute approximate surface area is 102 Å². The van der Waals surface area contributed by atoms with Gasteiger partial charge in [0.15, 0.2) is 0 Å². The third-order valence-corrected chi connectivity index (χ3v) is 2.10. The second kappa shape index (κ2) is 5.86. The molecule has 0 radical (unpaired) electrons. The number of nitrogens with one attached hydrogen (secondary N) is 2. The van der Waals surface area contributed by atoms with Crippen molar-refractivity contribution in [1.29, 1.82) is 0 Å². The van der Waals surface area contributed by atoms with Gasteiger partial charge in [-0.15, -0.1) is 0 Å². The highest BCUT2D eigenvalue weighted by atomic mass is 35.5. The molecule has 17 heavy (non-hydrogen) atoms. The fraction of sp³-hybridized carbons (Fsp3) is 0.100. The summed E-state index contributed by atoms with van der Waals surface area (Å²) < 4.78 is 0. The molecule has 0 saturated heterocycles. The van der Waals surface area contributed by atoms with E-state index in [1.165, 1.54) is 30.5 Å². The van der Waals surface area contributed by atoms with Crippen LogP contribution in [0, 0.1) is 10.1 Å². The van der Waals surface area contributed by atoms with Gasteiger partial charge >= 0.3 is 0 Å². The summed E-state index contributed by atoms with van der Waals surface area (Å²) in [6.07, 6.45) is 1.34. The van der Waals surface area contributed by atoms with Crippen molar-refractivity contribution in [3.05, 3.63) is 45.6 Å². The van der Waals surface area contributed by atoms with E-state index >= 15 is 0 Å². The highest BCUT2D eigenvalue weighted by Crippen LogP contribution is 2.16. The van der Waals surface area contributed by atoms with Crippen LogP contribution in [0.1, 0.15) is 0 Å². The number of hydrogen-bond acceptors (Lipinski definition) is 4. The molecule has 0 unspecified atom stereocenters. The number of anilines is 1. The molecule has 0 saturated carbocycles. The summed E-state index contributed by atoms with van der Waals surface area (Å²) in [6, 6.07) is 5.45. The number of non-ortho nitro benzene ring substituents is 1. The maximum absolute atomic E-state index is 11.4. The molecule has 1 aromatic carbocycles. The van der Waals surface area contributed by atoms with Crippen LogP contribution in [-0.2, 0) is 4.79 Å². The molecule has 0 fully saturated rings. The van der Waals surface area contributed by atoms with E-state index in [2.05, 4.69) is 10.6 Å². The Bertz CT molecular complexity index is 456. The Morgan fingerprint density at radius 2 is 2.00 bits per heavy atom. The van der Waals surface area contributed by atoms with Crippen LogP contribution in [0.5, 0.6) is 0 Å². The van der Waals surface area contributed by atoms with Crippen LogP contribution < -0.4 is 10.6 Å². The lowest BCUT2D eigenvalue weighted by Crippen LogP contribution is -2.13. The molecule has 2 N–H and O–H groups in total. The van der Waals surface area contributed by atoms with Crippen LogP contribution in [-0.4, -0.2) is 17.9 Å². The third kappa shape index (κ3) is 3.76. The summed E-state index contributed by atoms with van der Waals surface area (Å²) >= 11 is 5.64. The van der Waals surface area contributed by atoms with Crippen LogP contribution in [0.4, 0.5) is 11.4 Å². The molecule has 0 heterocycles. The Hall–Kier alpha value is -2.08. The van der Waals surface area contributed by atoms with Gasteiger partial charge in [0.2, 0.25) is 0 Å². The lowest BCUT2D eigenvalue weighted by Gasteiger charge is -2.03. The molecule has 1 rings (SSSR count). The maximum atomic E-state index is 11.4. The van der Waals surface area contributed by atoms with Gasteiger partial charge in [0.1, 0.15) is 5.03 Å². The van der Waals surface area contributed by atoms with Crippen molar-refractivity contribution in [2.75, 3.05) is 12.4 Å². The summed E-state index contributed by atoms with van der Waals surface area (Å²) in [4.78, 5) is 21.3. The minimum Gasteiger partial charge on any atom is -0.393 e. The van der Waals surface area contributed by atoms with E-state index in [0.29, 0.717) is 5.69 Å². The fourth-order valence-corrected chi connectivity index (χ4v) is 1.21. The zero-order valence-corrected chi connectivity index (χ0v) is 9.69. The number of rotatable bonds is 4. The molecule has 1 amide bonds. The smallest absolute Gasteiger partial charge is 0.269 e. The van der Waals surface area contributed by atoms with Crippen molar-refractivity contribution in [1.82, 2.24) is 5.32 Å². The number of nitrogens with zero attached hydrogens (tertiary/aromatic N) is 1. The summed E-state index contributed by atoms with van der Waals surface area (Å²) in [5.41, 5.74) is 0.392. The molecule has 90 valence electrons. The third-order valence-electron chi connectivity index (χ3n) is 1.82. The van der Waals surface area contributed by atoms with Gasteiger partial charge in [-0.05, 0) is 12.1 Å². The first-order valence-corrected chi connectivity index (χ1v) is 5.01. The van der Waals surface area contributed by atoms with Crippen molar-refractivity contribution in [2.24, 2.45) is 0 Å². The lowest BCUT2D eigenvalue weighted by atomic mass is 10.3. The number of nitro benzene ring substituents is 1. The maximum Gasteiger partial charge on any atom is 0.269 e.